The maximum atomic E-state index is 6.68. The Labute approximate surface area is 148 Å². The lowest BCUT2D eigenvalue weighted by Crippen LogP contribution is -2.01. The summed E-state index contributed by atoms with van der Waals surface area (Å²) in [5.41, 5.74) is 3.01. The third-order valence-corrected chi connectivity index (χ3v) is 4.96. The molecule has 0 aliphatic carbocycles. The molecule has 0 fully saturated rings. The summed E-state index contributed by atoms with van der Waals surface area (Å²) in [6.07, 6.45) is 0. The zero-order chi connectivity index (χ0) is 15.6. The van der Waals surface area contributed by atoms with Crippen LogP contribution in [0, 0.1) is 10.5 Å². The van der Waals surface area contributed by atoms with Crippen LogP contribution in [0.2, 0.25) is 5.02 Å². The Morgan fingerprint density at radius 3 is 2.24 bits per heavy atom. The van der Waals surface area contributed by atoms with E-state index in [-0.39, 0.29) is 5.38 Å². The molecule has 0 N–H and O–H groups in total. The van der Waals surface area contributed by atoms with E-state index in [0.29, 0.717) is 16.5 Å². The largest absolute Gasteiger partial charge is 0.493 e. The Morgan fingerprint density at radius 2 is 1.62 bits per heavy atom. The lowest BCUT2D eigenvalue weighted by Gasteiger charge is -2.18. The van der Waals surface area contributed by atoms with Gasteiger partial charge in [0.1, 0.15) is 0 Å². The van der Waals surface area contributed by atoms with E-state index in [1.54, 1.807) is 14.2 Å². The highest BCUT2D eigenvalue weighted by atomic mass is 127. The van der Waals surface area contributed by atoms with Crippen molar-refractivity contribution in [2.75, 3.05) is 14.2 Å². The Morgan fingerprint density at radius 1 is 1.00 bits per heavy atom. The summed E-state index contributed by atoms with van der Waals surface area (Å²) in [7, 11) is 3.23. The van der Waals surface area contributed by atoms with E-state index in [2.05, 4.69) is 22.6 Å². The standard InChI is InChI=1S/C16H15Cl2IO2/c1-9-6-14(20-2)15(21-3)8-11(9)16(18)12-7-10(17)4-5-13(12)19/h4-8,16H,1-3H3. The van der Waals surface area contributed by atoms with Crippen molar-refractivity contribution in [3.05, 3.63) is 55.6 Å². The van der Waals surface area contributed by atoms with Crippen LogP contribution in [0.25, 0.3) is 0 Å². The fourth-order valence-corrected chi connectivity index (χ4v) is 3.57. The molecule has 5 heteroatoms. The van der Waals surface area contributed by atoms with Crippen LogP contribution in [0.15, 0.2) is 30.3 Å². The fraction of sp³-hybridized carbons (Fsp3) is 0.250. The third-order valence-electron chi connectivity index (χ3n) is 3.28. The lowest BCUT2D eigenvalue weighted by atomic mass is 9.99. The predicted octanol–water partition coefficient (Wildman–Crippen LogP) is 5.60. The number of alkyl halides is 1. The number of benzene rings is 2. The number of aryl methyl sites for hydroxylation is 1. The van der Waals surface area contributed by atoms with Crippen molar-refractivity contribution < 1.29 is 9.47 Å². The Hall–Kier alpha value is -0.650. The van der Waals surface area contributed by atoms with Gasteiger partial charge in [0.25, 0.3) is 0 Å². The molecular formula is C16H15Cl2IO2. The van der Waals surface area contributed by atoms with Crippen LogP contribution in [0.5, 0.6) is 11.5 Å². The number of hydrogen-bond acceptors (Lipinski definition) is 2. The number of rotatable bonds is 4. The van der Waals surface area contributed by atoms with Crippen molar-refractivity contribution in [2.45, 2.75) is 12.3 Å². The average Bonchev–Trinajstić information content (AvgIpc) is 2.48. The van der Waals surface area contributed by atoms with Crippen molar-refractivity contribution in [3.8, 4) is 11.5 Å². The summed E-state index contributed by atoms with van der Waals surface area (Å²) in [4.78, 5) is 0. The van der Waals surface area contributed by atoms with Crippen molar-refractivity contribution >= 4 is 45.8 Å². The van der Waals surface area contributed by atoms with Crippen LogP contribution < -0.4 is 9.47 Å². The molecule has 2 aromatic carbocycles. The smallest absolute Gasteiger partial charge is 0.161 e. The highest BCUT2D eigenvalue weighted by Crippen LogP contribution is 2.39. The molecule has 2 aromatic rings. The van der Waals surface area contributed by atoms with E-state index in [0.717, 1.165) is 20.3 Å². The second-order valence-electron chi connectivity index (χ2n) is 4.59. The van der Waals surface area contributed by atoms with E-state index >= 15 is 0 Å². The molecule has 1 unspecified atom stereocenters. The Bertz CT molecular complexity index is 659. The van der Waals surface area contributed by atoms with Crippen molar-refractivity contribution in [1.29, 1.82) is 0 Å². The van der Waals surface area contributed by atoms with Crippen LogP contribution in [0.1, 0.15) is 22.1 Å². The Balaban J connectivity index is 2.52. The topological polar surface area (TPSA) is 18.5 Å². The van der Waals surface area contributed by atoms with Gasteiger partial charge < -0.3 is 9.47 Å². The van der Waals surface area contributed by atoms with Crippen LogP contribution in [0.3, 0.4) is 0 Å². The molecule has 0 saturated carbocycles. The predicted molar refractivity (Wildman–Crippen MR) is 96.1 cm³/mol. The molecule has 0 saturated heterocycles. The van der Waals surface area contributed by atoms with E-state index < -0.39 is 0 Å². The molecule has 2 nitrogen and oxygen atoms in total. The molecular weight excluding hydrogens is 422 g/mol. The minimum Gasteiger partial charge on any atom is -0.493 e. The molecule has 21 heavy (non-hydrogen) atoms. The van der Waals surface area contributed by atoms with Gasteiger partial charge in [-0.1, -0.05) is 11.6 Å². The molecule has 0 spiro atoms. The summed E-state index contributed by atoms with van der Waals surface area (Å²) < 4.78 is 11.7. The molecule has 1 atom stereocenters. The highest BCUT2D eigenvalue weighted by Gasteiger charge is 2.19. The molecule has 0 aliphatic heterocycles. The number of ether oxygens (including phenoxy) is 2. The second kappa shape index (κ2) is 7.07. The molecule has 0 aliphatic rings. The number of hydrogen-bond donors (Lipinski definition) is 0. The fourth-order valence-electron chi connectivity index (χ4n) is 2.15. The van der Waals surface area contributed by atoms with Gasteiger partial charge in [-0.25, -0.2) is 0 Å². The van der Waals surface area contributed by atoms with Gasteiger partial charge in [-0.05, 0) is 76.5 Å². The molecule has 0 radical (unpaired) electrons. The quantitative estimate of drug-likeness (QED) is 0.458. The van der Waals surface area contributed by atoms with Gasteiger partial charge in [-0.3, -0.25) is 0 Å². The highest BCUT2D eigenvalue weighted by molar-refractivity contribution is 14.1. The third kappa shape index (κ3) is 3.58. The van der Waals surface area contributed by atoms with Crippen LogP contribution in [0.4, 0.5) is 0 Å². The van der Waals surface area contributed by atoms with E-state index in [9.17, 15) is 0 Å². The average molecular weight is 437 g/mol. The van der Waals surface area contributed by atoms with Gasteiger partial charge in [0, 0.05) is 8.59 Å². The van der Waals surface area contributed by atoms with Crippen molar-refractivity contribution in [3.63, 3.8) is 0 Å². The molecule has 0 amide bonds. The minimum atomic E-state index is -0.296. The van der Waals surface area contributed by atoms with Gasteiger partial charge in [0.2, 0.25) is 0 Å². The van der Waals surface area contributed by atoms with Gasteiger partial charge in [0.05, 0.1) is 19.6 Å². The minimum absolute atomic E-state index is 0.296. The summed E-state index contributed by atoms with van der Waals surface area (Å²) in [6, 6.07) is 9.57. The molecule has 2 rings (SSSR count). The maximum absolute atomic E-state index is 6.68. The lowest BCUT2D eigenvalue weighted by molar-refractivity contribution is 0.354. The van der Waals surface area contributed by atoms with Gasteiger partial charge in [-0.15, -0.1) is 11.6 Å². The first-order valence-electron chi connectivity index (χ1n) is 6.29. The summed E-state index contributed by atoms with van der Waals surface area (Å²) in [5.74, 6) is 1.36. The molecule has 0 aromatic heterocycles. The van der Waals surface area contributed by atoms with Gasteiger partial charge in [0.15, 0.2) is 11.5 Å². The molecule has 0 heterocycles. The van der Waals surface area contributed by atoms with Crippen LogP contribution in [-0.4, -0.2) is 14.2 Å². The Kier molecular flexibility index (Phi) is 5.63. The second-order valence-corrected chi connectivity index (χ2v) is 6.63. The number of halogens is 3. The summed E-state index contributed by atoms with van der Waals surface area (Å²) >= 11 is 15.0. The zero-order valence-corrected chi connectivity index (χ0v) is 15.6. The van der Waals surface area contributed by atoms with Crippen molar-refractivity contribution in [1.82, 2.24) is 0 Å². The zero-order valence-electron chi connectivity index (χ0n) is 11.9. The molecule has 0 bridgehead atoms. The monoisotopic (exact) mass is 436 g/mol. The van der Waals surface area contributed by atoms with E-state index in [1.165, 1.54) is 0 Å². The van der Waals surface area contributed by atoms with E-state index in [4.69, 9.17) is 32.7 Å². The SMILES string of the molecule is COc1cc(C)c(C(Cl)c2cc(Cl)ccc2I)cc1OC. The first-order chi connectivity index (χ1) is 9.97. The first kappa shape index (κ1) is 16.7. The molecule has 112 valence electrons. The van der Waals surface area contributed by atoms with Gasteiger partial charge >= 0.3 is 0 Å². The maximum Gasteiger partial charge on any atom is 0.161 e. The van der Waals surface area contributed by atoms with Crippen LogP contribution >= 0.6 is 45.8 Å². The summed E-state index contributed by atoms with van der Waals surface area (Å²) in [5, 5.41) is 0.379. The first-order valence-corrected chi connectivity index (χ1v) is 8.18. The van der Waals surface area contributed by atoms with Gasteiger partial charge in [-0.2, -0.15) is 0 Å². The van der Waals surface area contributed by atoms with E-state index in [1.807, 2.05) is 37.3 Å². The normalized spacial score (nSPS) is 12.1. The number of methoxy groups -OCH3 is 2. The summed E-state index contributed by atoms with van der Waals surface area (Å²) in [6.45, 7) is 2.00. The van der Waals surface area contributed by atoms with Crippen molar-refractivity contribution in [2.24, 2.45) is 0 Å². The van der Waals surface area contributed by atoms with Crippen LogP contribution in [-0.2, 0) is 0 Å².